The van der Waals surface area contributed by atoms with Crippen LogP contribution in [0.25, 0.3) is 32.3 Å². The Morgan fingerprint density at radius 1 is 0.604 bits per heavy atom. The second-order valence-corrected chi connectivity index (χ2v) is 11.7. The number of aliphatic hydroxyl groups excluding tert-OH is 1. The van der Waals surface area contributed by atoms with Crippen LogP contribution >= 0.6 is 23.2 Å². The number of rotatable bonds is 8. The molecule has 48 heavy (non-hydrogen) atoms. The lowest BCUT2D eigenvalue weighted by molar-refractivity contribution is 0.125. The molecule has 2 saturated heterocycles. The van der Waals surface area contributed by atoms with E-state index in [0.29, 0.717) is 30.4 Å². The molecule has 3 N–H and O–H groups in total. The van der Waals surface area contributed by atoms with Gasteiger partial charge in [-0.25, -0.2) is 0 Å². The van der Waals surface area contributed by atoms with Gasteiger partial charge in [-0.05, 0) is 68.7 Å². The molecule has 3 unspecified atom stereocenters. The van der Waals surface area contributed by atoms with Crippen LogP contribution in [0.15, 0.2) is 127 Å². The van der Waals surface area contributed by atoms with Crippen LogP contribution in [0.3, 0.4) is 0 Å². The zero-order chi connectivity index (χ0) is 32.8. The van der Waals surface area contributed by atoms with Crippen LogP contribution in [0.4, 0.5) is 0 Å². The van der Waals surface area contributed by atoms with E-state index >= 15 is 0 Å². The van der Waals surface area contributed by atoms with Gasteiger partial charge in [0.15, 0.2) is 0 Å². The Balaban J connectivity index is 0.000000152. The molecule has 252 valence electrons. The number of alkyl halides is 2. The number of hydrogen-bond acceptors (Lipinski definition) is 7. The number of aliphatic hydroxyl groups is 1. The van der Waals surface area contributed by atoms with Gasteiger partial charge in [0.1, 0.15) is 42.7 Å². The third-order valence-corrected chi connectivity index (χ3v) is 7.91. The first kappa shape index (κ1) is 36.8. The Kier molecular flexibility index (Phi) is 14.6. The van der Waals surface area contributed by atoms with Crippen molar-refractivity contribution in [3.8, 4) is 17.2 Å². The van der Waals surface area contributed by atoms with Crippen LogP contribution in [0, 0.1) is 0 Å². The number of aromatic hydroxyl groups is 1. The Morgan fingerprint density at radius 3 is 1.48 bits per heavy atom. The molecule has 7 nitrogen and oxygen atoms in total. The van der Waals surface area contributed by atoms with E-state index in [9.17, 15) is 5.11 Å². The number of fused-ring (bicyclic) bond motifs is 3. The summed E-state index contributed by atoms with van der Waals surface area (Å²) in [5.41, 5.74) is 0. The highest BCUT2D eigenvalue weighted by Gasteiger charge is 2.23. The van der Waals surface area contributed by atoms with Gasteiger partial charge in [-0.1, -0.05) is 91.0 Å². The molecule has 2 aliphatic rings. The van der Waals surface area contributed by atoms with Crippen LogP contribution in [0.2, 0.25) is 0 Å². The number of phenolic OH excluding ortho intramolecular Hbond substituents is 1. The molecular formula is C39H39Cl2O7-. The summed E-state index contributed by atoms with van der Waals surface area (Å²) in [5.74, 6) is 2.85. The largest absolute Gasteiger partial charge is 0.870 e. The van der Waals surface area contributed by atoms with Crippen molar-refractivity contribution in [3.05, 3.63) is 127 Å². The van der Waals surface area contributed by atoms with Crippen molar-refractivity contribution in [2.45, 2.75) is 18.3 Å². The minimum Gasteiger partial charge on any atom is -0.870 e. The minimum atomic E-state index is -0.617. The maximum Gasteiger partial charge on any atom is 0.120 e. The molecule has 0 spiro atoms. The van der Waals surface area contributed by atoms with E-state index in [-0.39, 0.29) is 18.0 Å². The van der Waals surface area contributed by atoms with Gasteiger partial charge in [0.05, 0.1) is 31.1 Å². The van der Waals surface area contributed by atoms with E-state index in [2.05, 4.69) is 24.3 Å². The molecule has 6 aromatic carbocycles. The average molecular weight is 691 g/mol. The quantitative estimate of drug-likeness (QED) is 0.122. The molecule has 8 rings (SSSR count). The third kappa shape index (κ3) is 12.2. The van der Waals surface area contributed by atoms with E-state index in [1.165, 1.54) is 16.2 Å². The van der Waals surface area contributed by atoms with Crippen LogP contribution in [-0.4, -0.2) is 72.2 Å². The van der Waals surface area contributed by atoms with Crippen molar-refractivity contribution in [1.82, 2.24) is 0 Å². The van der Waals surface area contributed by atoms with Crippen molar-refractivity contribution in [2.24, 2.45) is 0 Å². The summed E-state index contributed by atoms with van der Waals surface area (Å²) in [5, 5.41) is 25.4. The summed E-state index contributed by atoms with van der Waals surface area (Å²) in [4.78, 5) is 0. The molecule has 2 heterocycles. The molecule has 0 amide bonds. The summed E-state index contributed by atoms with van der Waals surface area (Å²) in [6.45, 7) is 2.61. The SMILES string of the molecule is ClCC1CO1.OC(CCl)COc1ccc2ccccc2c1.Oc1ccc2ccccc2c1.[OH-].c1ccc2cc(OCC3CO3)ccc2c1. The zero-order valence-corrected chi connectivity index (χ0v) is 27.8. The van der Waals surface area contributed by atoms with Crippen molar-refractivity contribution in [3.63, 3.8) is 0 Å². The number of hydrogen-bond donors (Lipinski definition) is 2. The molecule has 9 heteroatoms. The van der Waals surface area contributed by atoms with Gasteiger partial charge in [0, 0.05) is 0 Å². The Morgan fingerprint density at radius 2 is 1.04 bits per heavy atom. The predicted molar refractivity (Wildman–Crippen MR) is 193 cm³/mol. The lowest BCUT2D eigenvalue weighted by Crippen LogP contribution is -2.18. The van der Waals surface area contributed by atoms with E-state index in [0.717, 1.165) is 40.9 Å². The molecule has 2 fully saturated rings. The summed E-state index contributed by atoms with van der Waals surface area (Å²) in [6, 6.07) is 41.6. The van der Waals surface area contributed by atoms with Crippen molar-refractivity contribution in [1.29, 1.82) is 0 Å². The zero-order valence-electron chi connectivity index (χ0n) is 26.3. The molecule has 0 bridgehead atoms. The Hall–Kier alpha value is -4.08. The van der Waals surface area contributed by atoms with Crippen LogP contribution in [-0.2, 0) is 9.47 Å². The second kappa shape index (κ2) is 19.1. The topological polar surface area (TPSA) is 114 Å². The molecule has 3 atom stereocenters. The lowest BCUT2D eigenvalue weighted by atomic mass is 10.1. The van der Waals surface area contributed by atoms with E-state index < -0.39 is 6.10 Å². The van der Waals surface area contributed by atoms with Gasteiger partial charge in [-0.2, -0.15) is 0 Å². The first-order valence-corrected chi connectivity index (χ1v) is 16.5. The molecule has 0 aliphatic carbocycles. The molecule has 6 aromatic rings. The highest BCUT2D eigenvalue weighted by Crippen LogP contribution is 2.23. The average Bonchev–Trinajstić information content (AvgIpc) is 4.06. The number of phenols is 1. The fraction of sp³-hybridized carbons (Fsp3) is 0.231. The van der Waals surface area contributed by atoms with E-state index in [4.69, 9.17) is 47.3 Å². The molecular weight excluding hydrogens is 651 g/mol. The smallest absolute Gasteiger partial charge is 0.120 e. The number of ether oxygens (including phenoxy) is 4. The fourth-order valence-corrected chi connectivity index (χ4v) is 4.71. The van der Waals surface area contributed by atoms with E-state index in [1.54, 1.807) is 12.1 Å². The summed E-state index contributed by atoms with van der Waals surface area (Å²) < 4.78 is 20.9. The second-order valence-electron chi connectivity index (χ2n) is 11.0. The Labute approximate surface area is 290 Å². The van der Waals surface area contributed by atoms with Gasteiger partial charge in [0.2, 0.25) is 0 Å². The first-order chi connectivity index (χ1) is 23.0. The van der Waals surface area contributed by atoms with Gasteiger partial charge < -0.3 is 34.6 Å². The molecule has 2 aliphatic heterocycles. The van der Waals surface area contributed by atoms with Gasteiger partial charge in [-0.3, -0.25) is 0 Å². The normalized spacial score (nSPS) is 16.1. The summed E-state index contributed by atoms with van der Waals surface area (Å²) in [7, 11) is 0. The minimum absolute atomic E-state index is 0. The number of epoxide rings is 2. The molecule has 0 radical (unpaired) electrons. The van der Waals surface area contributed by atoms with E-state index in [1.807, 2.05) is 91.0 Å². The number of benzene rings is 6. The Bertz CT molecular complexity index is 1840. The van der Waals surface area contributed by atoms with Crippen molar-refractivity contribution in [2.75, 3.05) is 38.2 Å². The van der Waals surface area contributed by atoms with Crippen molar-refractivity contribution < 1.29 is 34.6 Å². The van der Waals surface area contributed by atoms with Gasteiger partial charge in [0.25, 0.3) is 0 Å². The fourth-order valence-electron chi connectivity index (χ4n) is 4.44. The van der Waals surface area contributed by atoms with Gasteiger partial charge >= 0.3 is 0 Å². The third-order valence-electron chi connectivity index (χ3n) is 7.21. The highest BCUT2D eigenvalue weighted by atomic mass is 35.5. The maximum absolute atomic E-state index is 9.28. The summed E-state index contributed by atoms with van der Waals surface area (Å²) >= 11 is 10.8. The van der Waals surface area contributed by atoms with Crippen LogP contribution in [0.5, 0.6) is 17.2 Å². The maximum atomic E-state index is 9.28. The first-order valence-electron chi connectivity index (χ1n) is 15.4. The lowest BCUT2D eigenvalue weighted by Gasteiger charge is -2.10. The molecule has 0 saturated carbocycles. The number of halogens is 2. The monoisotopic (exact) mass is 689 g/mol. The standard InChI is InChI=1S/C13H13ClO2.C13H12O2.C10H8O.C3H5ClO.H2O/c14-8-12(15)9-16-13-6-5-10-3-1-2-4-11(10)7-13;1-2-4-11-7-12(6-5-10(11)3-1)14-8-13-9-15-13;11-10-6-5-8-3-1-2-4-9(8)7-10;4-1-3-2-5-3;/h1-7,12,15H,8-9H2;1-7,13H,8-9H2;1-7,11H;3H,1-2H2;1H2/p-1. The predicted octanol–water partition coefficient (Wildman–Crippen LogP) is 8.43. The van der Waals surface area contributed by atoms with Gasteiger partial charge in [-0.15, -0.1) is 23.2 Å². The van der Waals surface area contributed by atoms with Crippen LogP contribution in [0.1, 0.15) is 0 Å². The summed E-state index contributed by atoms with van der Waals surface area (Å²) in [6.07, 6.45) is 0.0984. The van der Waals surface area contributed by atoms with Crippen molar-refractivity contribution >= 4 is 55.5 Å². The van der Waals surface area contributed by atoms with Crippen LogP contribution < -0.4 is 9.47 Å². The molecule has 0 aromatic heterocycles. The highest BCUT2D eigenvalue weighted by molar-refractivity contribution is 6.18.